The first-order valence-corrected chi connectivity index (χ1v) is 17.9. The summed E-state index contributed by atoms with van der Waals surface area (Å²) in [5.41, 5.74) is 7.10. The lowest BCUT2D eigenvalue weighted by Crippen LogP contribution is -2.23. The first-order chi connectivity index (χ1) is 25.7. The highest BCUT2D eigenvalue weighted by Gasteiger charge is 2.25. The summed E-state index contributed by atoms with van der Waals surface area (Å²) < 4.78 is 10.1. The highest BCUT2D eigenvalue weighted by molar-refractivity contribution is 9.10. The molecule has 4 heterocycles. The molecule has 14 heteroatoms. The zero-order chi connectivity index (χ0) is 37.3. The number of rotatable bonds is 5. The minimum atomic E-state index is -0.404. The van der Waals surface area contributed by atoms with Crippen molar-refractivity contribution in [1.82, 2.24) is 25.3 Å². The molecule has 0 aliphatic carbocycles. The summed E-state index contributed by atoms with van der Waals surface area (Å²) in [6.45, 7) is 3.02. The van der Waals surface area contributed by atoms with Crippen LogP contribution in [-0.2, 0) is 9.47 Å². The normalized spacial score (nSPS) is 16.1. The van der Waals surface area contributed by atoms with Crippen molar-refractivity contribution in [2.45, 2.75) is 25.0 Å². The third-order valence-electron chi connectivity index (χ3n) is 8.70. The number of aliphatic hydroxyl groups excluding tert-OH is 2. The number of benzene rings is 4. The molecule has 0 bridgehead atoms. The number of fused-ring (bicyclic) bond motifs is 2. The number of esters is 2. The van der Waals surface area contributed by atoms with Crippen LogP contribution in [0.4, 0.5) is 5.82 Å². The molecule has 2 aliphatic rings. The topological polar surface area (TPSA) is 160 Å². The van der Waals surface area contributed by atoms with Gasteiger partial charge in [0.15, 0.2) is 5.82 Å². The number of aliphatic hydroxyl groups is 2. The fraction of sp³-hybridized carbons (Fsp3) is 0.250. The summed E-state index contributed by atoms with van der Waals surface area (Å²) in [4.78, 5) is 44.1. The molecule has 12 nitrogen and oxygen atoms in total. The Labute approximate surface area is 327 Å². The van der Waals surface area contributed by atoms with Gasteiger partial charge in [0.25, 0.3) is 0 Å². The molecule has 8 rings (SSSR count). The van der Waals surface area contributed by atoms with Crippen LogP contribution in [0.25, 0.3) is 44.6 Å². The van der Waals surface area contributed by atoms with Gasteiger partial charge in [-0.25, -0.2) is 29.5 Å². The third kappa shape index (κ3) is 9.73. The van der Waals surface area contributed by atoms with E-state index in [4.69, 9.17) is 24.5 Å². The molecule has 0 spiro atoms. The molecule has 54 heavy (non-hydrogen) atoms. The first kappa shape index (κ1) is 40.1. The molecule has 2 fully saturated rings. The van der Waals surface area contributed by atoms with Gasteiger partial charge in [-0.15, -0.1) is 12.4 Å². The van der Waals surface area contributed by atoms with E-state index in [1.807, 2.05) is 65.6 Å². The van der Waals surface area contributed by atoms with Crippen LogP contribution >= 0.6 is 28.3 Å². The molecule has 2 saturated heterocycles. The Morgan fingerprint density at radius 3 is 1.70 bits per heavy atom. The van der Waals surface area contributed by atoms with Gasteiger partial charge in [-0.3, -0.25) is 0 Å². The Balaban J connectivity index is 0.000000180. The summed E-state index contributed by atoms with van der Waals surface area (Å²) in [6, 6.07) is 30.0. The average molecular weight is 816 g/mol. The Morgan fingerprint density at radius 1 is 0.704 bits per heavy atom. The second-order valence-corrected chi connectivity index (χ2v) is 13.2. The number of carbonyl (C=O) groups is 2. The molecule has 0 saturated carbocycles. The maximum absolute atomic E-state index is 11.8. The fourth-order valence-corrected chi connectivity index (χ4v) is 6.44. The van der Waals surface area contributed by atoms with Crippen molar-refractivity contribution in [3.63, 3.8) is 0 Å². The number of anilines is 1. The lowest BCUT2D eigenvalue weighted by Gasteiger charge is -2.20. The zero-order valence-electron chi connectivity index (χ0n) is 29.7. The van der Waals surface area contributed by atoms with Crippen molar-refractivity contribution < 1.29 is 29.3 Å². The lowest BCUT2D eigenvalue weighted by molar-refractivity contribution is 0.0592. The summed E-state index contributed by atoms with van der Waals surface area (Å²) in [7, 11) is 2.71. The van der Waals surface area contributed by atoms with Crippen molar-refractivity contribution in [3.8, 4) is 22.5 Å². The molecule has 0 radical (unpaired) electrons. The van der Waals surface area contributed by atoms with E-state index in [2.05, 4.69) is 31.2 Å². The molecular weight excluding hydrogens is 776 g/mol. The monoisotopic (exact) mass is 814 g/mol. The van der Waals surface area contributed by atoms with Gasteiger partial charge in [0.05, 0.1) is 59.6 Å². The molecule has 6 aromatic rings. The second-order valence-electron chi connectivity index (χ2n) is 12.4. The van der Waals surface area contributed by atoms with Gasteiger partial charge in [0.1, 0.15) is 16.0 Å². The Morgan fingerprint density at radius 2 is 1.24 bits per heavy atom. The van der Waals surface area contributed by atoms with E-state index < -0.39 is 5.97 Å². The number of β-amino-alcohol motifs (C(OH)–C–C–N with tert-alkyl or cyclic N) is 2. The highest BCUT2D eigenvalue weighted by Crippen LogP contribution is 2.32. The number of carbonyl (C=O) groups excluding carboxylic acids is 2. The number of nitrogens with one attached hydrogen (secondary N) is 1. The molecule has 2 atom stereocenters. The van der Waals surface area contributed by atoms with Crippen molar-refractivity contribution in [2.24, 2.45) is 0 Å². The van der Waals surface area contributed by atoms with Gasteiger partial charge in [-0.2, -0.15) is 0 Å². The Hall–Kier alpha value is -5.05. The zero-order valence-corrected chi connectivity index (χ0v) is 32.1. The smallest absolute Gasteiger partial charge is 0.337 e. The van der Waals surface area contributed by atoms with Gasteiger partial charge < -0.3 is 29.9 Å². The summed E-state index contributed by atoms with van der Waals surface area (Å²) >= 11 is 3.44. The van der Waals surface area contributed by atoms with E-state index in [9.17, 15) is 14.7 Å². The Bertz CT molecular complexity index is 2210. The minimum Gasteiger partial charge on any atom is -0.465 e. The number of methoxy groups -OCH3 is 2. The average Bonchev–Trinajstić information content (AvgIpc) is 3.87. The lowest BCUT2D eigenvalue weighted by atomic mass is 10.1. The number of hydrogen-bond donors (Lipinski definition) is 3. The largest absolute Gasteiger partial charge is 0.465 e. The van der Waals surface area contributed by atoms with E-state index in [0.29, 0.717) is 45.2 Å². The summed E-state index contributed by atoms with van der Waals surface area (Å²) in [5.74, 6) is -0.0665. The molecular formula is C40H40BrClN6O6. The van der Waals surface area contributed by atoms with Crippen molar-refractivity contribution in [2.75, 3.05) is 45.3 Å². The second kappa shape index (κ2) is 18.8. The van der Waals surface area contributed by atoms with Crippen LogP contribution in [0, 0.1) is 0 Å². The SMILES string of the molecule is COC(=O)c1ccc2nc(-c3ccccc3)c(Br)nc2c1.COC(=O)c1ccc2nc(-c3ccccc3)c(N3CC[C@H](O)C3)nc2c1.Cl.O[C@H]1CCNC1. The van der Waals surface area contributed by atoms with E-state index in [-0.39, 0.29) is 30.6 Å². The van der Waals surface area contributed by atoms with Crippen molar-refractivity contribution in [1.29, 1.82) is 0 Å². The van der Waals surface area contributed by atoms with E-state index in [1.54, 1.807) is 36.4 Å². The molecule has 3 N–H and O–H groups in total. The standard InChI is InChI=1S/C20H19N3O3.C16H11BrN2O2.C4H9NO.ClH/c1-26-20(25)14-7-8-16-17(11-14)22-19(23-10-9-15(24)12-23)18(21-16)13-5-3-2-4-6-13;1-21-16(20)11-7-8-12-13(9-11)19-15(17)14(18-12)10-5-3-2-4-6-10;6-4-1-2-5-3-4;/h2-8,11,15,24H,9-10,12H2,1H3;2-9H,1H3;4-6H,1-3H2;1H/t15-;;4-;/m0.0./s1. The first-order valence-electron chi connectivity index (χ1n) is 17.1. The number of nitrogens with zero attached hydrogens (tertiary/aromatic N) is 5. The third-order valence-corrected chi connectivity index (χ3v) is 9.25. The Kier molecular flexibility index (Phi) is 14.0. The molecule has 4 aromatic carbocycles. The van der Waals surface area contributed by atoms with Gasteiger partial charge in [0.2, 0.25) is 0 Å². The quantitative estimate of drug-likeness (QED) is 0.168. The van der Waals surface area contributed by atoms with E-state index >= 15 is 0 Å². The summed E-state index contributed by atoms with van der Waals surface area (Å²) in [5, 5.41) is 21.6. The highest BCUT2D eigenvalue weighted by atomic mass is 79.9. The number of hydrogen-bond acceptors (Lipinski definition) is 12. The molecule has 0 amide bonds. The van der Waals surface area contributed by atoms with Gasteiger partial charge in [-0.05, 0) is 71.7 Å². The van der Waals surface area contributed by atoms with Crippen LogP contribution in [0.15, 0.2) is 102 Å². The molecule has 2 aromatic heterocycles. The molecule has 2 aliphatic heterocycles. The van der Waals surface area contributed by atoms with Crippen LogP contribution in [0.5, 0.6) is 0 Å². The predicted molar refractivity (Wildman–Crippen MR) is 214 cm³/mol. The number of aromatic nitrogens is 4. The van der Waals surface area contributed by atoms with Crippen LogP contribution < -0.4 is 10.2 Å². The van der Waals surface area contributed by atoms with Gasteiger partial charge >= 0.3 is 11.9 Å². The minimum absolute atomic E-state index is 0. The van der Waals surface area contributed by atoms with Gasteiger partial charge in [-0.1, -0.05) is 60.7 Å². The summed E-state index contributed by atoms with van der Waals surface area (Å²) in [6.07, 6.45) is 1.21. The maximum atomic E-state index is 11.8. The van der Waals surface area contributed by atoms with Crippen LogP contribution in [0.1, 0.15) is 33.6 Å². The number of halogens is 2. The van der Waals surface area contributed by atoms with E-state index in [1.165, 1.54) is 14.2 Å². The molecule has 280 valence electrons. The van der Waals surface area contributed by atoms with Crippen LogP contribution in [0.3, 0.4) is 0 Å². The van der Waals surface area contributed by atoms with Crippen LogP contribution in [-0.4, -0.2) is 94.7 Å². The molecule has 0 unspecified atom stereocenters. The van der Waals surface area contributed by atoms with E-state index in [0.717, 1.165) is 59.9 Å². The van der Waals surface area contributed by atoms with Gasteiger partial charge in [0, 0.05) is 30.8 Å². The van der Waals surface area contributed by atoms with Crippen LogP contribution in [0.2, 0.25) is 0 Å². The number of ether oxygens (including phenoxy) is 2. The van der Waals surface area contributed by atoms with Crippen molar-refractivity contribution >= 4 is 68.2 Å². The van der Waals surface area contributed by atoms with Crippen molar-refractivity contribution in [3.05, 3.63) is 113 Å². The maximum Gasteiger partial charge on any atom is 0.337 e. The fourth-order valence-electron chi connectivity index (χ4n) is 5.93. The predicted octanol–water partition coefficient (Wildman–Crippen LogP) is 6.26.